The summed E-state index contributed by atoms with van der Waals surface area (Å²) in [4.78, 5) is 2.21. The molecule has 0 spiro atoms. The number of nitrogens with zero attached hydrogens (tertiary/aromatic N) is 1. The summed E-state index contributed by atoms with van der Waals surface area (Å²) in [5.74, 6) is 1.52. The van der Waals surface area contributed by atoms with Crippen molar-refractivity contribution in [1.82, 2.24) is 0 Å². The summed E-state index contributed by atoms with van der Waals surface area (Å²) in [7, 11) is 3.74. The van der Waals surface area contributed by atoms with Crippen molar-refractivity contribution in [2.75, 3.05) is 31.3 Å². The van der Waals surface area contributed by atoms with Gasteiger partial charge >= 0.3 is 0 Å². The monoisotopic (exact) mass is 222 g/mol. The molecule has 90 valence electrons. The first-order valence-electron chi connectivity index (χ1n) is 5.68. The predicted octanol–water partition coefficient (Wildman–Crippen LogP) is 2.76. The molecule has 0 saturated heterocycles. The van der Waals surface area contributed by atoms with Gasteiger partial charge in [-0.3, -0.25) is 0 Å². The standard InChI is InChI=1S/C13H22N2O/c1-10(2)5-6-15(3)12-7-11(14)8-13(9-12)16-4/h7-10H,5-6,14H2,1-4H3. The predicted molar refractivity (Wildman–Crippen MR) is 70.1 cm³/mol. The SMILES string of the molecule is COc1cc(N)cc(N(C)CCC(C)C)c1. The molecule has 2 N–H and O–H groups in total. The number of benzene rings is 1. The zero-order chi connectivity index (χ0) is 12.1. The molecule has 1 rings (SSSR count). The number of hydrogen-bond donors (Lipinski definition) is 1. The van der Waals surface area contributed by atoms with Crippen molar-refractivity contribution in [2.24, 2.45) is 5.92 Å². The van der Waals surface area contributed by atoms with E-state index in [0.29, 0.717) is 5.92 Å². The summed E-state index contributed by atoms with van der Waals surface area (Å²) in [6.07, 6.45) is 1.17. The van der Waals surface area contributed by atoms with Crippen molar-refractivity contribution in [3.8, 4) is 5.75 Å². The summed E-state index contributed by atoms with van der Waals surface area (Å²) < 4.78 is 5.20. The van der Waals surface area contributed by atoms with Gasteiger partial charge in [0.1, 0.15) is 5.75 Å². The van der Waals surface area contributed by atoms with Crippen LogP contribution in [-0.4, -0.2) is 20.7 Å². The fourth-order valence-electron chi connectivity index (χ4n) is 1.52. The maximum Gasteiger partial charge on any atom is 0.122 e. The Morgan fingerprint density at radius 1 is 1.31 bits per heavy atom. The Bertz CT molecular complexity index is 337. The molecule has 0 aliphatic rings. The Hall–Kier alpha value is -1.38. The van der Waals surface area contributed by atoms with E-state index in [4.69, 9.17) is 10.5 Å². The molecular formula is C13H22N2O. The number of rotatable bonds is 5. The Kier molecular flexibility index (Phi) is 4.47. The smallest absolute Gasteiger partial charge is 0.122 e. The van der Waals surface area contributed by atoms with Crippen molar-refractivity contribution in [3.63, 3.8) is 0 Å². The van der Waals surface area contributed by atoms with E-state index < -0.39 is 0 Å². The molecule has 0 fully saturated rings. The summed E-state index contributed by atoms with van der Waals surface area (Å²) in [6, 6.07) is 5.82. The quantitative estimate of drug-likeness (QED) is 0.778. The third-order valence-electron chi connectivity index (χ3n) is 2.63. The number of hydrogen-bond acceptors (Lipinski definition) is 3. The van der Waals surface area contributed by atoms with Crippen LogP contribution in [0.25, 0.3) is 0 Å². The maximum absolute atomic E-state index is 5.82. The molecule has 0 aromatic heterocycles. The minimum absolute atomic E-state index is 0.713. The van der Waals surface area contributed by atoms with Crippen LogP contribution in [0.3, 0.4) is 0 Å². The molecule has 0 saturated carbocycles. The average Bonchev–Trinajstić information content (AvgIpc) is 2.24. The van der Waals surface area contributed by atoms with Crippen molar-refractivity contribution >= 4 is 11.4 Å². The van der Waals surface area contributed by atoms with Crippen LogP contribution in [0.1, 0.15) is 20.3 Å². The highest BCUT2D eigenvalue weighted by atomic mass is 16.5. The minimum atomic E-state index is 0.713. The van der Waals surface area contributed by atoms with Crippen molar-refractivity contribution < 1.29 is 4.74 Å². The first-order chi connectivity index (χ1) is 7.52. The fraction of sp³-hybridized carbons (Fsp3) is 0.538. The van der Waals surface area contributed by atoms with Crippen LogP contribution in [0.5, 0.6) is 5.75 Å². The fourth-order valence-corrected chi connectivity index (χ4v) is 1.52. The summed E-state index contributed by atoms with van der Waals surface area (Å²) in [6.45, 7) is 5.49. The number of nitrogens with two attached hydrogens (primary N) is 1. The van der Waals surface area contributed by atoms with Gasteiger partial charge in [-0.15, -0.1) is 0 Å². The molecule has 3 nitrogen and oxygen atoms in total. The number of nitrogen functional groups attached to an aromatic ring is 1. The summed E-state index contributed by atoms with van der Waals surface area (Å²) in [5, 5.41) is 0. The Balaban J connectivity index is 2.74. The number of anilines is 2. The van der Waals surface area contributed by atoms with Gasteiger partial charge in [0, 0.05) is 37.1 Å². The van der Waals surface area contributed by atoms with Crippen LogP contribution in [0.4, 0.5) is 11.4 Å². The van der Waals surface area contributed by atoms with E-state index in [1.54, 1.807) is 7.11 Å². The van der Waals surface area contributed by atoms with E-state index in [2.05, 4.69) is 25.8 Å². The highest BCUT2D eigenvalue weighted by Gasteiger charge is 2.05. The van der Waals surface area contributed by atoms with E-state index in [9.17, 15) is 0 Å². The zero-order valence-corrected chi connectivity index (χ0v) is 10.7. The lowest BCUT2D eigenvalue weighted by Crippen LogP contribution is -2.20. The van der Waals surface area contributed by atoms with Gasteiger partial charge in [-0.2, -0.15) is 0 Å². The second kappa shape index (κ2) is 5.64. The third-order valence-corrected chi connectivity index (χ3v) is 2.63. The van der Waals surface area contributed by atoms with Gasteiger partial charge in [0.15, 0.2) is 0 Å². The van der Waals surface area contributed by atoms with Crippen LogP contribution in [-0.2, 0) is 0 Å². The van der Waals surface area contributed by atoms with Crippen LogP contribution in [0.2, 0.25) is 0 Å². The van der Waals surface area contributed by atoms with Gasteiger partial charge in [-0.1, -0.05) is 13.8 Å². The van der Waals surface area contributed by atoms with Crippen LogP contribution >= 0.6 is 0 Å². The molecule has 1 aromatic carbocycles. The number of methoxy groups -OCH3 is 1. The zero-order valence-electron chi connectivity index (χ0n) is 10.7. The molecular weight excluding hydrogens is 200 g/mol. The van der Waals surface area contributed by atoms with Gasteiger partial charge in [0.05, 0.1) is 7.11 Å². The minimum Gasteiger partial charge on any atom is -0.497 e. The van der Waals surface area contributed by atoms with Gasteiger partial charge < -0.3 is 15.4 Å². The van der Waals surface area contributed by atoms with Crippen molar-refractivity contribution in [2.45, 2.75) is 20.3 Å². The van der Waals surface area contributed by atoms with Crippen LogP contribution in [0.15, 0.2) is 18.2 Å². The Morgan fingerprint density at radius 3 is 2.56 bits per heavy atom. The first kappa shape index (κ1) is 12.7. The lowest BCUT2D eigenvalue weighted by Gasteiger charge is -2.21. The summed E-state index contributed by atoms with van der Waals surface area (Å²) in [5.41, 5.74) is 7.67. The molecule has 0 radical (unpaired) electrons. The molecule has 0 unspecified atom stereocenters. The highest BCUT2D eigenvalue weighted by molar-refractivity contribution is 5.60. The molecule has 0 aliphatic heterocycles. The van der Waals surface area contributed by atoms with Gasteiger partial charge in [0.2, 0.25) is 0 Å². The topological polar surface area (TPSA) is 38.5 Å². The average molecular weight is 222 g/mol. The second-order valence-corrected chi connectivity index (χ2v) is 4.57. The lowest BCUT2D eigenvalue weighted by atomic mass is 10.1. The highest BCUT2D eigenvalue weighted by Crippen LogP contribution is 2.24. The number of ether oxygens (including phenoxy) is 1. The van der Waals surface area contributed by atoms with Crippen LogP contribution in [0, 0.1) is 5.92 Å². The largest absolute Gasteiger partial charge is 0.497 e. The second-order valence-electron chi connectivity index (χ2n) is 4.57. The maximum atomic E-state index is 5.82. The van der Waals surface area contributed by atoms with Crippen molar-refractivity contribution in [3.05, 3.63) is 18.2 Å². The lowest BCUT2D eigenvalue weighted by molar-refractivity contribution is 0.415. The van der Waals surface area contributed by atoms with E-state index >= 15 is 0 Å². The Labute approximate surface area is 98.2 Å². The molecule has 0 amide bonds. The molecule has 16 heavy (non-hydrogen) atoms. The molecule has 0 heterocycles. The van der Waals surface area contributed by atoms with E-state index in [-0.39, 0.29) is 0 Å². The third kappa shape index (κ3) is 3.65. The van der Waals surface area contributed by atoms with Gasteiger partial charge in [0.25, 0.3) is 0 Å². The van der Waals surface area contributed by atoms with E-state index in [1.165, 1.54) is 6.42 Å². The molecule has 0 bridgehead atoms. The Morgan fingerprint density at radius 2 is 2.00 bits per heavy atom. The molecule has 3 heteroatoms. The molecule has 0 aliphatic carbocycles. The summed E-state index contributed by atoms with van der Waals surface area (Å²) >= 11 is 0. The van der Waals surface area contributed by atoms with E-state index in [0.717, 1.165) is 23.7 Å². The molecule has 0 atom stereocenters. The van der Waals surface area contributed by atoms with Gasteiger partial charge in [-0.25, -0.2) is 0 Å². The van der Waals surface area contributed by atoms with Crippen LogP contribution < -0.4 is 15.4 Å². The first-order valence-corrected chi connectivity index (χ1v) is 5.68. The molecule has 1 aromatic rings. The van der Waals surface area contributed by atoms with E-state index in [1.807, 2.05) is 18.2 Å². The van der Waals surface area contributed by atoms with Crippen molar-refractivity contribution in [1.29, 1.82) is 0 Å². The normalized spacial score (nSPS) is 10.6. The van der Waals surface area contributed by atoms with Gasteiger partial charge in [-0.05, 0) is 18.4 Å².